The van der Waals surface area contributed by atoms with E-state index in [1.807, 2.05) is 31.2 Å². The van der Waals surface area contributed by atoms with Crippen molar-refractivity contribution in [3.63, 3.8) is 0 Å². The van der Waals surface area contributed by atoms with Crippen molar-refractivity contribution in [1.29, 1.82) is 0 Å². The Labute approximate surface area is 168 Å². The minimum atomic E-state index is 0. The fraction of sp³-hybridized carbons (Fsp3) is 0.619. The molecule has 0 heterocycles. The Kier molecular flexibility index (Phi) is 7.68. The van der Waals surface area contributed by atoms with Gasteiger partial charge in [0.2, 0.25) is 11.8 Å². The quantitative estimate of drug-likeness (QED) is 0.802. The van der Waals surface area contributed by atoms with Crippen LogP contribution in [-0.4, -0.2) is 29.3 Å². The average molecular weight is 394 g/mol. The summed E-state index contributed by atoms with van der Waals surface area (Å²) in [5.41, 5.74) is 8.18. The van der Waals surface area contributed by atoms with Gasteiger partial charge in [0.05, 0.1) is 0 Å². The number of carbonyl (C=O) groups excluding carboxylic acids is 2. The Balaban J connectivity index is 0.00000261. The Bertz CT molecular complexity index is 653. The van der Waals surface area contributed by atoms with Gasteiger partial charge in [-0.25, -0.2) is 0 Å². The van der Waals surface area contributed by atoms with E-state index in [2.05, 4.69) is 5.32 Å². The number of carbonyl (C=O) groups is 2. The molecule has 2 saturated carbocycles. The first kappa shape index (κ1) is 21.7. The molecule has 3 rings (SSSR count). The zero-order chi connectivity index (χ0) is 18.7. The van der Waals surface area contributed by atoms with Crippen LogP contribution in [0.1, 0.15) is 51.5 Å². The molecule has 0 radical (unpaired) electrons. The number of nitrogens with two attached hydrogens (primary N) is 1. The molecule has 2 aliphatic rings. The van der Waals surface area contributed by atoms with Crippen molar-refractivity contribution in [2.45, 2.75) is 58.5 Å². The van der Waals surface area contributed by atoms with Crippen molar-refractivity contribution in [3.8, 4) is 0 Å². The molecule has 150 valence electrons. The van der Waals surface area contributed by atoms with Gasteiger partial charge in [0.25, 0.3) is 0 Å². The highest BCUT2D eigenvalue weighted by molar-refractivity contribution is 5.92. The van der Waals surface area contributed by atoms with Crippen LogP contribution in [0.15, 0.2) is 24.3 Å². The third-order valence-corrected chi connectivity index (χ3v) is 6.18. The van der Waals surface area contributed by atoms with Crippen molar-refractivity contribution in [2.24, 2.45) is 23.5 Å². The minimum absolute atomic E-state index is 0. The summed E-state index contributed by atoms with van der Waals surface area (Å²) < 4.78 is 0. The molecule has 3 N–H and O–H groups in total. The largest absolute Gasteiger partial charge is 0.339 e. The molecule has 1 aromatic rings. The van der Waals surface area contributed by atoms with Crippen LogP contribution < -0.4 is 11.1 Å². The van der Waals surface area contributed by atoms with Crippen molar-refractivity contribution in [1.82, 2.24) is 4.90 Å². The molecular formula is C21H32ClN3O2. The molecule has 2 unspecified atom stereocenters. The van der Waals surface area contributed by atoms with Gasteiger partial charge in [0.15, 0.2) is 0 Å². The predicted molar refractivity (Wildman–Crippen MR) is 111 cm³/mol. The maximum absolute atomic E-state index is 12.8. The Morgan fingerprint density at radius 3 is 2.48 bits per heavy atom. The number of nitrogens with zero attached hydrogens (tertiary/aromatic N) is 1. The second-order valence-corrected chi connectivity index (χ2v) is 7.92. The van der Waals surface area contributed by atoms with Gasteiger partial charge >= 0.3 is 0 Å². The average Bonchev–Trinajstić information content (AvgIpc) is 2.59. The number of nitrogens with one attached hydrogen (secondary N) is 1. The molecule has 2 fully saturated rings. The number of benzene rings is 1. The fourth-order valence-electron chi connectivity index (χ4n) is 4.66. The van der Waals surface area contributed by atoms with Crippen molar-refractivity contribution in [3.05, 3.63) is 29.8 Å². The molecule has 2 amide bonds. The third-order valence-electron chi connectivity index (χ3n) is 6.18. The summed E-state index contributed by atoms with van der Waals surface area (Å²) in [6, 6.07) is 8.10. The molecule has 0 spiro atoms. The van der Waals surface area contributed by atoms with Crippen molar-refractivity contribution in [2.75, 3.05) is 11.9 Å². The van der Waals surface area contributed by atoms with Gasteiger partial charge < -0.3 is 16.0 Å². The van der Waals surface area contributed by atoms with Gasteiger partial charge in [0, 0.05) is 37.7 Å². The van der Waals surface area contributed by atoms with Crippen LogP contribution in [0.4, 0.5) is 5.69 Å². The van der Waals surface area contributed by atoms with Crippen LogP contribution in [0.3, 0.4) is 0 Å². The highest BCUT2D eigenvalue weighted by Gasteiger charge is 2.40. The molecule has 0 saturated heterocycles. The molecule has 2 aliphatic carbocycles. The van der Waals surface area contributed by atoms with E-state index in [1.54, 1.807) is 11.8 Å². The van der Waals surface area contributed by atoms with Crippen LogP contribution >= 0.6 is 12.4 Å². The summed E-state index contributed by atoms with van der Waals surface area (Å²) in [7, 11) is 0. The van der Waals surface area contributed by atoms with Crippen LogP contribution in [0.5, 0.6) is 0 Å². The van der Waals surface area contributed by atoms with E-state index in [0.717, 1.165) is 36.9 Å². The van der Waals surface area contributed by atoms with E-state index in [-0.39, 0.29) is 36.2 Å². The Morgan fingerprint density at radius 2 is 1.89 bits per heavy atom. The summed E-state index contributed by atoms with van der Waals surface area (Å²) in [5, 5.41) is 3.09. The van der Waals surface area contributed by atoms with Crippen LogP contribution in [-0.2, 0) is 16.1 Å². The summed E-state index contributed by atoms with van der Waals surface area (Å²) in [6.07, 6.45) is 5.40. The maximum Gasteiger partial charge on any atom is 0.227 e. The number of hydrogen-bond acceptors (Lipinski definition) is 3. The first-order chi connectivity index (χ1) is 12.5. The van der Waals surface area contributed by atoms with Crippen LogP contribution in [0, 0.1) is 17.8 Å². The van der Waals surface area contributed by atoms with Gasteiger partial charge in [-0.15, -0.1) is 12.4 Å². The zero-order valence-corrected chi connectivity index (χ0v) is 17.1. The number of hydrogen-bond donors (Lipinski definition) is 2. The van der Waals surface area contributed by atoms with Gasteiger partial charge in [-0.05, 0) is 62.1 Å². The lowest BCUT2D eigenvalue weighted by Gasteiger charge is -2.43. The lowest BCUT2D eigenvalue weighted by atomic mass is 9.65. The molecule has 2 bridgehead atoms. The number of rotatable bonds is 5. The Morgan fingerprint density at radius 1 is 1.22 bits per heavy atom. The SMILES string of the molecule is CCN(Cc1cccc(NC(=O)C2CC3CCCC(C2)C3N)c1)C(C)=O.Cl. The lowest BCUT2D eigenvalue weighted by Crippen LogP contribution is -2.48. The monoisotopic (exact) mass is 393 g/mol. The van der Waals surface area contributed by atoms with Gasteiger partial charge in [-0.3, -0.25) is 9.59 Å². The summed E-state index contributed by atoms with van der Waals surface area (Å²) in [6.45, 7) is 4.80. The molecule has 0 aliphatic heterocycles. The lowest BCUT2D eigenvalue weighted by molar-refractivity contribution is -0.129. The second-order valence-electron chi connectivity index (χ2n) is 7.92. The second kappa shape index (κ2) is 9.56. The van der Waals surface area contributed by atoms with Crippen molar-refractivity contribution >= 4 is 29.9 Å². The fourth-order valence-corrected chi connectivity index (χ4v) is 4.66. The first-order valence-corrected chi connectivity index (χ1v) is 9.88. The summed E-state index contributed by atoms with van der Waals surface area (Å²) >= 11 is 0. The number of amides is 2. The smallest absolute Gasteiger partial charge is 0.227 e. The van der Waals surface area contributed by atoms with Crippen LogP contribution in [0.2, 0.25) is 0 Å². The topological polar surface area (TPSA) is 75.4 Å². The zero-order valence-electron chi connectivity index (χ0n) is 16.3. The minimum Gasteiger partial charge on any atom is -0.339 e. The van der Waals surface area contributed by atoms with E-state index in [9.17, 15) is 9.59 Å². The summed E-state index contributed by atoms with van der Waals surface area (Å²) in [5.74, 6) is 1.24. The van der Waals surface area contributed by atoms with E-state index in [0.29, 0.717) is 24.9 Å². The molecule has 27 heavy (non-hydrogen) atoms. The van der Waals surface area contributed by atoms with Crippen LogP contribution in [0.25, 0.3) is 0 Å². The molecule has 2 atom stereocenters. The highest BCUT2D eigenvalue weighted by Crippen LogP contribution is 2.42. The first-order valence-electron chi connectivity index (χ1n) is 9.88. The number of anilines is 1. The molecular weight excluding hydrogens is 362 g/mol. The number of halogens is 1. The van der Waals surface area contributed by atoms with Gasteiger partial charge in [-0.1, -0.05) is 18.6 Å². The number of fused-ring (bicyclic) bond motifs is 2. The van der Waals surface area contributed by atoms with Gasteiger partial charge in [-0.2, -0.15) is 0 Å². The van der Waals surface area contributed by atoms with E-state index < -0.39 is 0 Å². The molecule has 5 nitrogen and oxygen atoms in total. The summed E-state index contributed by atoms with van der Waals surface area (Å²) in [4.78, 5) is 26.2. The van der Waals surface area contributed by atoms with Crippen molar-refractivity contribution < 1.29 is 9.59 Å². The maximum atomic E-state index is 12.8. The Hall–Kier alpha value is -1.59. The van der Waals surface area contributed by atoms with E-state index in [4.69, 9.17) is 5.73 Å². The van der Waals surface area contributed by atoms with E-state index in [1.165, 1.54) is 6.42 Å². The van der Waals surface area contributed by atoms with Gasteiger partial charge in [0.1, 0.15) is 0 Å². The standard InChI is InChI=1S/C21H31N3O2.ClH/c1-3-24(14(2)25)13-15-6-4-9-19(10-15)23-21(26)18-11-16-7-5-8-17(12-18)20(16)22;/h4,6,9-10,16-18,20H,3,5,7-8,11-13,22H2,1-2H3,(H,23,26);1H. The third kappa shape index (κ3) is 5.23. The van der Waals surface area contributed by atoms with E-state index >= 15 is 0 Å². The molecule has 0 aromatic heterocycles. The molecule has 1 aromatic carbocycles. The predicted octanol–water partition coefficient (Wildman–Crippen LogP) is 3.57. The normalized spacial score (nSPS) is 26.6. The highest BCUT2D eigenvalue weighted by atomic mass is 35.5. The molecule has 6 heteroatoms.